The maximum absolute atomic E-state index is 13.1. The van der Waals surface area contributed by atoms with E-state index in [0.29, 0.717) is 22.9 Å². The number of rotatable bonds is 8. The Morgan fingerprint density at radius 2 is 1.85 bits per heavy atom. The highest BCUT2D eigenvalue weighted by Crippen LogP contribution is 2.28. The predicted molar refractivity (Wildman–Crippen MR) is 129 cm³/mol. The summed E-state index contributed by atoms with van der Waals surface area (Å²) >= 11 is 6.21. The fourth-order valence-corrected chi connectivity index (χ4v) is 4.12. The normalized spacial score (nSPS) is 13.4. The van der Waals surface area contributed by atoms with E-state index in [4.69, 9.17) is 16.0 Å². The van der Waals surface area contributed by atoms with Gasteiger partial charge in [-0.1, -0.05) is 48.0 Å². The number of carbonyl (C=O) groups excluding carboxylic acids is 3. The van der Waals surface area contributed by atoms with Gasteiger partial charge in [-0.2, -0.15) is 0 Å². The summed E-state index contributed by atoms with van der Waals surface area (Å²) in [6.45, 7) is 1.96. The molecular formula is C26H26ClN3O4. The van der Waals surface area contributed by atoms with Crippen LogP contribution in [0.25, 0.3) is 0 Å². The van der Waals surface area contributed by atoms with Crippen molar-refractivity contribution < 1.29 is 18.8 Å². The number of amides is 3. The zero-order valence-corrected chi connectivity index (χ0v) is 19.7. The summed E-state index contributed by atoms with van der Waals surface area (Å²) in [5, 5.41) is 0.559. The quantitative estimate of drug-likeness (QED) is 0.489. The first kappa shape index (κ1) is 23.6. The Balaban J connectivity index is 1.44. The van der Waals surface area contributed by atoms with Crippen LogP contribution in [0.4, 0.5) is 5.69 Å². The summed E-state index contributed by atoms with van der Waals surface area (Å²) in [4.78, 5) is 43.4. The SMILES string of the molecule is Cc1c(Cl)cccc1N1CN(C(=O)CN(Cc2ccco2)C(=O)CCc2ccccc2)CC1=O. The van der Waals surface area contributed by atoms with Gasteiger partial charge in [0.05, 0.1) is 12.8 Å². The number of furan rings is 1. The molecule has 0 unspecified atom stereocenters. The number of hydrogen-bond donors (Lipinski definition) is 0. The summed E-state index contributed by atoms with van der Waals surface area (Å²) in [5.74, 6) is -0.0435. The molecule has 0 saturated carbocycles. The Morgan fingerprint density at radius 1 is 1.06 bits per heavy atom. The van der Waals surface area contributed by atoms with Crippen LogP contribution in [0.5, 0.6) is 0 Å². The summed E-state index contributed by atoms with van der Waals surface area (Å²) in [5.41, 5.74) is 2.51. The summed E-state index contributed by atoms with van der Waals surface area (Å²) in [6.07, 6.45) is 2.38. The van der Waals surface area contributed by atoms with E-state index in [1.54, 1.807) is 29.2 Å². The van der Waals surface area contributed by atoms with Crippen LogP contribution in [0.3, 0.4) is 0 Å². The highest BCUT2D eigenvalue weighted by molar-refractivity contribution is 6.31. The Labute approximate surface area is 203 Å². The van der Waals surface area contributed by atoms with Gasteiger partial charge in [-0.3, -0.25) is 19.3 Å². The first-order chi connectivity index (χ1) is 16.4. The predicted octanol–water partition coefficient (Wildman–Crippen LogP) is 4.04. The van der Waals surface area contributed by atoms with Gasteiger partial charge in [-0.15, -0.1) is 0 Å². The minimum absolute atomic E-state index is 0.0441. The van der Waals surface area contributed by atoms with Crippen LogP contribution < -0.4 is 4.90 Å². The Kier molecular flexibility index (Phi) is 7.33. The van der Waals surface area contributed by atoms with E-state index in [1.807, 2.05) is 43.3 Å². The molecule has 2 aromatic carbocycles. The fraction of sp³-hybridized carbons (Fsp3) is 0.269. The van der Waals surface area contributed by atoms with Gasteiger partial charge in [0.25, 0.3) is 0 Å². The van der Waals surface area contributed by atoms with Crippen molar-refractivity contribution in [3.63, 3.8) is 0 Å². The van der Waals surface area contributed by atoms with Crippen molar-refractivity contribution in [3.05, 3.63) is 88.8 Å². The van der Waals surface area contributed by atoms with Gasteiger partial charge >= 0.3 is 0 Å². The molecule has 4 rings (SSSR count). The van der Waals surface area contributed by atoms with Gasteiger partial charge in [0.15, 0.2) is 0 Å². The van der Waals surface area contributed by atoms with E-state index in [0.717, 1.165) is 11.1 Å². The molecule has 1 aliphatic heterocycles. The molecule has 0 aliphatic carbocycles. The molecule has 0 N–H and O–H groups in total. The topological polar surface area (TPSA) is 74.1 Å². The molecule has 0 atom stereocenters. The average molecular weight is 480 g/mol. The van der Waals surface area contributed by atoms with Crippen LogP contribution in [0.15, 0.2) is 71.3 Å². The lowest BCUT2D eigenvalue weighted by Crippen LogP contribution is -2.42. The summed E-state index contributed by atoms with van der Waals surface area (Å²) < 4.78 is 5.41. The number of hydrogen-bond acceptors (Lipinski definition) is 4. The van der Waals surface area contributed by atoms with Crippen molar-refractivity contribution >= 4 is 35.0 Å². The van der Waals surface area contributed by atoms with Gasteiger partial charge in [0.2, 0.25) is 17.7 Å². The zero-order valence-electron chi connectivity index (χ0n) is 18.9. The number of nitrogens with zero attached hydrogens (tertiary/aromatic N) is 3. The lowest BCUT2D eigenvalue weighted by atomic mass is 10.1. The number of aryl methyl sites for hydroxylation is 1. The van der Waals surface area contributed by atoms with Crippen molar-refractivity contribution in [1.29, 1.82) is 0 Å². The lowest BCUT2D eigenvalue weighted by molar-refractivity contribution is -0.141. The molecule has 176 valence electrons. The monoisotopic (exact) mass is 479 g/mol. The van der Waals surface area contributed by atoms with Crippen LogP contribution in [0.2, 0.25) is 5.02 Å². The van der Waals surface area contributed by atoms with Crippen molar-refractivity contribution in [2.45, 2.75) is 26.3 Å². The van der Waals surface area contributed by atoms with Gasteiger partial charge in [-0.05, 0) is 48.7 Å². The van der Waals surface area contributed by atoms with Gasteiger partial charge in [0, 0.05) is 17.1 Å². The van der Waals surface area contributed by atoms with Crippen LogP contribution in [-0.4, -0.2) is 47.3 Å². The van der Waals surface area contributed by atoms with Crippen molar-refractivity contribution in [1.82, 2.24) is 9.80 Å². The lowest BCUT2D eigenvalue weighted by Gasteiger charge is -2.25. The fourth-order valence-electron chi connectivity index (χ4n) is 3.95. The smallest absolute Gasteiger partial charge is 0.248 e. The van der Waals surface area contributed by atoms with E-state index in [9.17, 15) is 14.4 Å². The van der Waals surface area contributed by atoms with E-state index in [-0.39, 0.29) is 50.4 Å². The number of anilines is 1. The molecule has 3 amide bonds. The third-order valence-electron chi connectivity index (χ3n) is 5.90. The molecular weight excluding hydrogens is 454 g/mol. The van der Waals surface area contributed by atoms with Gasteiger partial charge in [0.1, 0.15) is 25.5 Å². The minimum atomic E-state index is -0.296. The molecule has 1 fully saturated rings. The second kappa shape index (κ2) is 10.6. The first-order valence-corrected chi connectivity index (χ1v) is 11.5. The Bertz CT molecular complexity index is 1160. The highest BCUT2D eigenvalue weighted by atomic mass is 35.5. The van der Waals surface area contributed by atoms with E-state index in [1.165, 1.54) is 16.1 Å². The number of benzene rings is 2. The standard InChI is InChI=1S/C26H26ClN3O4/c1-19-22(27)10-5-11-23(19)30-18-29(17-26(30)33)25(32)16-28(15-21-9-6-14-34-21)24(31)13-12-20-7-3-2-4-8-20/h2-11,14H,12-13,15-18H2,1H3. The van der Waals surface area contributed by atoms with Crippen LogP contribution in [-0.2, 0) is 27.3 Å². The zero-order chi connectivity index (χ0) is 24.1. The molecule has 0 spiro atoms. The van der Waals surface area contributed by atoms with Crippen LogP contribution in [0.1, 0.15) is 23.3 Å². The van der Waals surface area contributed by atoms with E-state index in [2.05, 4.69) is 0 Å². The Morgan fingerprint density at radius 3 is 2.59 bits per heavy atom. The number of halogens is 1. The van der Waals surface area contributed by atoms with Gasteiger partial charge in [-0.25, -0.2) is 0 Å². The molecule has 3 aromatic rings. The number of carbonyl (C=O) groups is 3. The second-order valence-electron chi connectivity index (χ2n) is 8.25. The molecule has 34 heavy (non-hydrogen) atoms. The molecule has 0 bridgehead atoms. The summed E-state index contributed by atoms with van der Waals surface area (Å²) in [6, 6.07) is 18.6. The molecule has 7 nitrogen and oxygen atoms in total. The molecule has 2 heterocycles. The van der Waals surface area contributed by atoms with Crippen LogP contribution in [0, 0.1) is 6.92 Å². The van der Waals surface area contributed by atoms with Crippen molar-refractivity contribution in [2.75, 3.05) is 24.7 Å². The first-order valence-electron chi connectivity index (χ1n) is 11.1. The highest BCUT2D eigenvalue weighted by Gasteiger charge is 2.34. The largest absolute Gasteiger partial charge is 0.467 e. The molecule has 1 aromatic heterocycles. The third-order valence-corrected chi connectivity index (χ3v) is 6.31. The second-order valence-corrected chi connectivity index (χ2v) is 8.66. The molecule has 0 radical (unpaired) electrons. The van der Waals surface area contributed by atoms with Crippen molar-refractivity contribution in [2.24, 2.45) is 0 Å². The minimum Gasteiger partial charge on any atom is -0.467 e. The van der Waals surface area contributed by atoms with E-state index >= 15 is 0 Å². The van der Waals surface area contributed by atoms with E-state index < -0.39 is 0 Å². The maximum atomic E-state index is 13.1. The Hall–Kier alpha value is -3.58. The third kappa shape index (κ3) is 5.48. The van der Waals surface area contributed by atoms with Gasteiger partial charge < -0.3 is 14.2 Å². The average Bonchev–Trinajstić information content (AvgIpc) is 3.49. The van der Waals surface area contributed by atoms with Crippen LogP contribution >= 0.6 is 11.6 Å². The molecule has 1 saturated heterocycles. The molecule has 1 aliphatic rings. The summed E-state index contributed by atoms with van der Waals surface area (Å²) in [7, 11) is 0. The molecule has 8 heteroatoms. The van der Waals surface area contributed by atoms with Crippen molar-refractivity contribution in [3.8, 4) is 0 Å². The maximum Gasteiger partial charge on any atom is 0.248 e.